The molecule has 2 rings (SSSR count). The van der Waals surface area contributed by atoms with E-state index in [9.17, 15) is 9.90 Å². The summed E-state index contributed by atoms with van der Waals surface area (Å²) in [6.45, 7) is 2.04. The lowest BCUT2D eigenvalue weighted by Crippen LogP contribution is -2.47. The number of piperidine rings is 1. The van der Waals surface area contributed by atoms with Crippen LogP contribution in [0.4, 0.5) is 0 Å². The minimum atomic E-state index is -0.168. The Morgan fingerprint density at radius 3 is 2.43 bits per heavy atom. The minimum absolute atomic E-state index is 0.168. The molecule has 0 aromatic rings. The van der Waals surface area contributed by atoms with Crippen molar-refractivity contribution < 1.29 is 9.90 Å². The maximum atomic E-state index is 11.8. The van der Waals surface area contributed by atoms with Gasteiger partial charge in [0, 0.05) is 18.5 Å². The van der Waals surface area contributed by atoms with Crippen LogP contribution >= 0.6 is 0 Å². The molecule has 0 radical (unpaired) electrons. The Kier molecular flexibility index (Phi) is 2.77. The highest BCUT2D eigenvalue weighted by Crippen LogP contribution is 2.36. The Balaban J connectivity index is 2.03. The highest BCUT2D eigenvalue weighted by atomic mass is 16.3. The average Bonchev–Trinajstić information content (AvgIpc) is 2.39. The van der Waals surface area contributed by atoms with Crippen molar-refractivity contribution in [3.05, 3.63) is 0 Å². The molecule has 0 spiro atoms. The zero-order valence-electron chi connectivity index (χ0n) is 8.78. The number of fused-ring (bicyclic) bond motifs is 2. The number of hydrogen-bond acceptors (Lipinski definition) is 2. The van der Waals surface area contributed by atoms with Gasteiger partial charge in [-0.25, -0.2) is 0 Å². The van der Waals surface area contributed by atoms with E-state index in [4.69, 9.17) is 0 Å². The molecule has 14 heavy (non-hydrogen) atoms. The number of hydrogen-bond donors (Lipinski definition) is 1. The Labute approximate surface area is 85.1 Å². The molecule has 2 bridgehead atoms. The molecular formula is C11H19NO2. The van der Waals surface area contributed by atoms with E-state index in [1.54, 1.807) is 0 Å². The normalized spacial score (nSPS) is 36.1. The second-order valence-corrected chi connectivity index (χ2v) is 4.56. The topological polar surface area (TPSA) is 40.5 Å². The average molecular weight is 197 g/mol. The third-order valence-electron chi connectivity index (χ3n) is 3.46. The molecule has 2 aliphatic rings. The maximum Gasteiger partial charge on any atom is 0.223 e. The van der Waals surface area contributed by atoms with Crippen LogP contribution in [0.15, 0.2) is 0 Å². The van der Waals surface area contributed by atoms with Crippen molar-refractivity contribution in [2.24, 2.45) is 0 Å². The van der Waals surface area contributed by atoms with Crippen LogP contribution in [0.5, 0.6) is 0 Å². The lowest BCUT2D eigenvalue weighted by Gasteiger charge is -2.37. The summed E-state index contributed by atoms with van der Waals surface area (Å²) in [5.74, 6) is 0.298. The van der Waals surface area contributed by atoms with Gasteiger partial charge in [-0.15, -0.1) is 0 Å². The maximum absolute atomic E-state index is 11.8. The lowest BCUT2D eigenvalue weighted by molar-refractivity contribution is -0.137. The number of rotatable bonds is 2. The van der Waals surface area contributed by atoms with Crippen molar-refractivity contribution in [3.8, 4) is 0 Å². The Morgan fingerprint density at radius 1 is 1.36 bits per heavy atom. The third-order valence-corrected chi connectivity index (χ3v) is 3.46. The van der Waals surface area contributed by atoms with E-state index < -0.39 is 0 Å². The van der Waals surface area contributed by atoms with Crippen LogP contribution in [0.2, 0.25) is 0 Å². The summed E-state index contributed by atoms with van der Waals surface area (Å²) in [5.41, 5.74) is 0. The fourth-order valence-corrected chi connectivity index (χ4v) is 2.90. The van der Waals surface area contributed by atoms with E-state index in [1.807, 2.05) is 6.92 Å². The molecule has 0 aromatic carbocycles. The van der Waals surface area contributed by atoms with Gasteiger partial charge >= 0.3 is 0 Å². The van der Waals surface area contributed by atoms with Gasteiger partial charge in [0.25, 0.3) is 0 Å². The van der Waals surface area contributed by atoms with Crippen LogP contribution < -0.4 is 0 Å². The van der Waals surface area contributed by atoms with Crippen LogP contribution in [0.1, 0.15) is 45.4 Å². The molecule has 0 aliphatic carbocycles. The molecule has 2 unspecified atom stereocenters. The summed E-state index contributed by atoms with van der Waals surface area (Å²) in [4.78, 5) is 13.9. The Bertz CT molecular complexity index is 215. The molecule has 3 heteroatoms. The number of carbonyl (C=O) groups is 1. The number of aliphatic hydroxyl groups excluding tert-OH is 1. The van der Waals surface area contributed by atoms with Gasteiger partial charge in [-0.05, 0) is 32.1 Å². The van der Waals surface area contributed by atoms with Crippen molar-refractivity contribution in [2.75, 3.05) is 0 Å². The van der Waals surface area contributed by atoms with Crippen LogP contribution in [0.3, 0.4) is 0 Å². The molecule has 2 atom stereocenters. The molecule has 0 aromatic heterocycles. The van der Waals surface area contributed by atoms with Gasteiger partial charge in [0.05, 0.1) is 6.10 Å². The van der Waals surface area contributed by atoms with E-state index in [2.05, 4.69) is 4.90 Å². The van der Waals surface area contributed by atoms with Crippen LogP contribution in [-0.4, -0.2) is 34.1 Å². The number of nitrogens with zero attached hydrogens (tertiary/aromatic N) is 1. The molecule has 2 fully saturated rings. The van der Waals surface area contributed by atoms with E-state index in [-0.39, 0.29) is 6.10 Å². The fraction of sp³-hybridized carbons (Fsp3) is 0.909. The molecule has 2 heterocycles. The Morgan fingerprint density at radius 2 is 1.93 bits per heavy atom. The van der Waals surface area contributed by atoms with Crippen molar-refractivity contribution >= 4 is 5.91 Å². The summed E-state index contributed by atoms with van der Waals surface area (Å²) in [5, 5.41) is 9.58. The SMILES string of the molecule is CCCC(=O)N1C2CCC1CC(O)C2. The highest BCUT2D eigenvalue weighted by Gasteiger charge is 2.42. The number of aliphatic hydroxyl groups is 1. The van der Waals surface area contributed by atoms with Gasteiger partial charge in [-0.2, -0.15) is 0 Å². The van der Waals surface area contributed by atoms with E-state index >= 15 is 0 Å². The molecule has 80 valence electrons. The summed E-state index contributed by atoms with van der Waals surface area (Å²) in [6.07, 6.45) is 5.21. The zero-order chi connectivity index (χ0) is 10.1. The van der Waals surface area contributed by atoms with Gasteiger partial charge in [-0.1, -0.05) is 6.92 Å². The summed E-state index contributed by atoms with van der Waals surface area (Å²) in [7, 11) is 0. The first-order valence-electron chi connectivity index (χ1n) is 5.71. The van der Waals surface area contributed by atoms with Crippen LogP contribution in [-0.2, 0) is 4.79 Å². The van der Waals surface area contributed by atoms with Gasteiger partial charge in [-0.3, -0.25) is 4.79 Å². The number of carbonyl (C=O) groups excluding carboxylic acids is 1. The third kappa shape index (κ3) is 1.65. The second kappa shape index (κ2) is 3.89. The van der Waals surface area contributed by atoms with Gasteiger partial charge in [0.2, 0.25) is 5.91 Å². The molecule has 1 amide bonds. The van der Waals surface area contributed by atoms with Gasteiger partial charge in [0.15, 0.2) is 0 Å². The minimum Gasteiger partial charge on any atom is -0.393 e. The molecule has 3 nitrogen and oxygen atoms in total. The van der Waals surface area contributed by atoms with Gasteiger partial charge < -0.3 is 10.0 Å². The molecule has 2 saturated heterocycles. The summed E-state index contributed by atoms with van der Waals surface area (Å²) >= 11 is 0. The lowest BCUT2D eigenvalue weighted by atomic mass is 9.99. The van der Waals surface area contributed by atoms with Crippen molar-refractivity contribution in [1.82, 2.24) is 4.90 Å². The van der Waals surface area contributed by atoms with Gasteiger partial charge in [0.1, 0.15) is 0 Å². The Hall–Kier alpha value is -0.570. The highest BCUT2D eigenvalue weighted by molar-refractivity contribution is 5.77. The molecule has 2 aliphatic heterocycles. The zero-order valence-corrected chi connectivity index (χ0v) is 8.78. The van der Waals surface area contributed by atoms with E-state index in [1.165, 1.54) is 0 Å². The quantitative estimate of drug-likeness (QED) is 0.725. The standard InChI is InChI=1S/C11H19NO2/c1-2-3-11(14)12-8-4-5-9(12)7-10(13)6-8/h8-10,13H,2-7H2,1H3. The molecule has 1 N–H and O–H groups in total. The predicted molar refractivity (Wildman–Crippen MR) is 53.8 cm³/mol. The van der Waals surface area contributed by atoms with Crippen molar-refractivity contribution in [2.45, 2.75) is 63.6 Å². The number of amides is 1. The monoisotopic (exact) mass is 197 g/mol. The molecular weight excluding hydrogens is 178 g/mol. The van der Waals surface area contributed by atoms with Crippen molar-refractivity contribution in [3.63, 3.8) is 0 Å². The predicted octanol–water partition coefficient (Wildman–Crippen LogP) is 1.30. The van der Waals surface area contributed by atoms with Crippen LogP contribution in [0.25, 0.3) is 0 Å². The second-order valence-electron chi connectivity index (χ2n) is 4.56. The first kappa shape index (κ1) is 9.97. The van der Waals surface area contributed by atoms with E-state index in [0.29, 0.717) is 24.4 Å². The first-order valence-corrected chi connectivity index (χ1v) is 5.71. The largest absolute Gasteiger partial charge is 0.393 e. The first-order chi connectivity index (χ1) is 6.72. The van der Waals surface area contributed by atoms with E-state index in [0.717, 1.165) is 32.1 Å². The fourth-order valence-electron chi connectivity index (χ4n) is 2.90. The summed E-state index contributed by atoms with van der Waals surface area (Å²) in [6, 6.07) is 0.672. The van der Waals surface area contributed by atoms with Crippen molar-refractivity contribution in [1.29, 1.82) is 0 Å². The summed E-state index contributed by atoms with van der Waals surface area (Å²) < 4.78 is 0. The van der Waals surface area contributed by atoms with Crippen LogP contribution in [0, 0.1) is 0 Å². The smallest absolute Gasteiger partial charge is 0.223 e. The molecule has 0 saturated carbocycles.